The van der Waals surface area contributed by atoms with Gasteiger partial charge in [-0.15, -0.1) is 5.10 Å². The van der Waals surface area contributed by atoms with Crippen molar-refractivity contribution in [2.24, 2.45) is 0 Å². The molecule has 0 aliphatic carbocycles. The van der Waals surface area contributed by atoms with E-state index in [1.807, 2.05) is 6.07 Å². The van der Waals surface area contributed by atoms with E-state index < -0.39 is 11.9 Å². The van der Waals surface area contributed by atoms with E-state index in [1.54, 1.807) is 36.4 Å². The molecule has 0 unspecified atom stereocenters. The number of aromatic hydroxyl groups is 1. The van der Waals surface area contributed by atoms with Crippen molar-refractivity contribution in [3.63, 3.8) is 0 Å². The number of hydrogen-bond acceptors (Lipinski definition) is 7. The van der Waals surface area contributed by atoms with E-state index in [9.17, 15) is 14.7 Å². The second-order valence-corrected chi connectivity index (χ2v) is 6.60. The van der Waals surface area contributed by atoms with Crippen LogP contribution in [0.3, 0.4) is 0 Å². The zero-order valence-corrected chi connectivity index (χ0v) is 15.6. The monoisotopic (exact) mass is 404 g/mol. The summed E-state index contributed by atoms with van der Waals surface area (Å²) in [6.45, 7) is -0.123. The van der Waals surface area contributed by atoms with E-state index >= 15 is 0 Å². The lowest BCUT2D eigenvalue weighted by Gasteiger charge is -2.10. The first-order valence-corrected chi connectivity index (χ1v) is 8.96. The maximum absolute atomic E-state index is 12.3. The van der Waals surface area contributed by atoms with E-state index in [4.69, 9.17) is 9.84 Å². The molecule has 0 saturated carbocycles. The van der Waals surface area contributed by atoms with Crippen LogP contribution >= 0.6 is 0 Å². The van der Waals surface area contributed by atoms with E-state index in [-0.39, 0.29) is 23.6 Å². The molecule has 0 aliphatic heterocycles. The molecule has 0 amide bonds. The van der Waals surface area contributed by atoms with Gasteiger partial charge in [0.25, 0.3) is 0 Å². The largest absolute Gasteiger partial charge is 0.507 e. The molecule has 4 rings (SSSR count). The number of nitrogens with zero attached hydrogens (tertiary/aromatic N) is 4. The third kappa shape index (κ3) is 3.95. The van der Waals surface area contributed by atoms with Crippen molar-refractivity contribution in [3.8, 4) is 5.75 Å². The number of carboxylic acids is 1. The van der Waals surface area contributed by atoms with E-state index in [1.165, 1.54) is 23.1 Å². The Morgan fingerprint density at radius 1 is 1.00 bits per heavy atom. The van der Waals surface area contributed by atoms with Crippen molar-refractivity contribution in [3.05, 3.63) is 83.2 Å². The van der Waals surface area contributed by atoms with E-state index in [0.29, 0.717) is 17.4 Å². The molecule has 0 aliphatic rings. The molecule has 1 aromatic heterocycles. The Balaban J connectivity index is 1.57. The Morgan fingerprint density at radius 3 is 2.43 bits per heavy atom. The standard InChI is InChI=1S/C21H16N4O5/c26-19-16(9-13-1-3-15(4-2-13)20(27)28)7-5-14-6-8-17(10-18(14)19)21(29)30-12-25-11-22-23-24-25/h1-8,10-11,26H,9,12H2,(H,27,28). The molecule has 30 heavy (non-hydrogen) atoms. The molecule has 2 N–H and O–H groups in total. The fraction of sp³-hybridized carbons (Fsp3) is 0.0952. The minimum atomic E-state index is -0.991. The number of carbonyl (C=O) groups is 2. The number of aromatic nitrogens is 4. The number of fused-ring (bicyclic) bond motifs is 1. The number of aromatic carboxylic acids is 1. The lowest BCUT2D eigenvalue weighted by atomic mass is 9.98. The predicted octanol–water partition coefficient (Wildman–Crippen LogP) is 2.64. The maximum atomic E-state index is 12.3. The molecular formula is C21H16N4O5. The van der Waals surface area contributed by atoms with Crippen LogP contribution in [0, 0.1) is 0 Å². The summed E-state index contributed by atoms with van der Waals surface area (Å²) in [6, 6.07) is 15.0. The third-order valence-corrected chi connectivity index (χ3v) is 4.63. The second-order valence-electron chi connectivity index (χ2n) is 6.60. The second kappa shape index (κ2) is 8.00. The van der Waals surface area contributed by atoms with Crippen molar-refractivity contribution in [1.29, 1.82) is 0 Å². The average Bonchev–Trinajstić information content (AvgIpc) is 3.28. The van der Waals surface area contributed by atoms with Gasteiger partial charge < -0.3 is 14.9 Å². The number of hydrogen-bond donors (Lipinski definition) is 2. The molecular weight excluding hydrogens is 388 g/mol. The summed E-state index contributed by atoms with van der Waals surface area (Å²) in [6.07, 6.45) is 1.74. The third-order valence-electron chi connectivity index (χ3n) is 4.63. The molecule has 3 aromatic carbocycles. The lowest BCUT2D eigenvalue weighted by molar-refractivity contribution is 0.0346. The number of phenols is 1. The van der Waals surface area contributed by atoms with Gasteiger partial charge in [0.2, 0.25) is 0 Å². The highest BCUT2D eigenvalue weighted by atomic mass is 16.5. The van der Waals surface area contributed by atoms with Crippen molar-refractivity contribution in [2.45, 2.75) is 13.2 Å². The molecule has 0 radical (unpaired) electrons. The van der Waals surface area contributed by atoms with Crippen LogP contribution in [-0.2, 0) is 17.9 Å². The normalized spacial score (nSPS) is 10.8. The highest BCUT2D eigenvalue weighted by Crippen LogP contribution is 2.31. The Kier molecular flexibility index (Phi) is 5.08. The predicted molar refractivity (Wildman–Crippen MR) is 105 cm³/mol. The van der Waals surface area contributed by atoms with Gasteiger partial charge in [-0.05, 0) is 51.2 Å². The highest BCUT2D eigenvalue weighted by molar-refractivity contribution is 5.98. The number of carboxylic acid groups (broad SMARTS) is 1. The minimum Gasteiger partial charge on any atom is -0.507 e. The summed E-state index contributed by atoms with van der Waals surface area (Å²) in [5, 5.41) is 31.6. The molecule has 0 atom stereocenters. The lowest BCUT2D eigenvalue weighted by Crippen LogP contribution is -2.10. The fourth-order valence-electron chi connectivity index (χ4n) is 3.05. The van der Waals surface area contributed by atoms with Crippen molar-refractivity contribution >= 4 is 22.7 Å². The quantitative estimate of drug-likeness (QED) is 0.470. The summed E-state index contributed by atoms with van der Waals surface area (Å²) in [5.41, 5.74) is 2.00. The van der Waals surface area contributed by atoms with Gasteiger partial charge in [-0.25, -0.2) is 9.59 Å². The summed E-state index contributed by atoms with van der Waals surface area (Å²) in [4.78, 5) is 23.3. The number of phenolic OH excluding ortho intramolecular Hbond substituents is 1. The minimum absolute atomic E-state index is 0.0601. The summed E-state index contributed by atoms with van der Waals surface area (Å²) in [7, 11) is 0. The highest BCUT2D eigenvalue weighted by Gasteiger charge is 2.13. The molecule has 0 fully saturated rings. The number of rotatable bonds is 6. The average molecular weight is 404 g/mol. The zero-order valence-electron chi connectivity index (χ0n) is 15.6. The number of esters is 1. The van der Waals surface area contributed by atoms with E-state index in [0.717, 1.165) is 10.9 Å². The fourth-order valence-corrected chi connectivity index (χ4v) is 3.05. The molecule has 0 spiro atoms. The maximum Gasteiger partial charge on any atom is 0.339 e. The first kappa shape index (κ1) is 19.1. The Labute approximate surface area is 170 Å². The smallest absolute Gasteiger partial charge is 0.339 e. The first-order valence-electron chi connectivity index (χ1n) is 8.96. The number of carbonyl (C=O) groups excluding carboxylic acids is 1. The number of ether oxygens (including phenoxy) is 1. The van der Waals surface area contributed by atoms with Crippen molar-refractivity contribution in [1.82, 2.24) is 20.2 Å². The van der Waals surface area contributed by atoms with Gasteiger partial charge in [0.1, 0.15) is 12.1 Å². The summed E-state index contributed by atoms with van der Waals surface area (Å²) in [5.74, 6) is -1.50. The summed E-state index contributed by atoms with van der Waals surface area (Å²) < 4.78 is 6.44. The van der Waals surface area contributed by atoms with Crippen LogP contribution in [0.1, 0.15) is 31.8 Å². The molecule has 9 nitrogen and oxygen atoms in total. The van der Waals surface area contributed by atoms with Gasteiger partial charge in [-0.3, -0.25) is 0 Å². The topological polar surface area (TPSA) is 127 Å². The molecule has 0 bridgehead atoms. The van der Waals surface area contributed by atoms with Crippen molar-refractivity contribution in [2.75, 3.05) is 0 Å². The van der Waals surface area contributed by atoms with Gasteiger partial charge >= 0.3 is 11.9 Å². The first-order chi connectivity index (χ1) is 14.5. The molecule has 9 heteroatoms. The molecule has 150 valence electrons. The van der Waals surface area contributed by atoms with Crippen LogP contribution in [0.25, 0.3) is 10.8 Å². The Hall–Kier alpha value is -4.27. The zero-order chi connectivity index (χ0) is 21.1. The van der Waals surface area contributed by atoms with Gasteiger partial charge in [-0.2, -0.15) is 4.68 Å². The molecule has 0 saturated heterocycles. The van der Waals surface area contributed by atoms with Crippen LogP contribution in [0.15, 0.2) is 60.9 Å². The SMILES string of the molecule is O=C(O)c1ccc(Cc2ccc3ccc(C(=O)OCn4cnnn4)cc3c2O)cc1. The van der Waals surface area contributed by atoms with Gasteiger partial charge in [0, 0.05) is 11.8 Å². The summed E-state index contributed by atoms with van der Waals surface area (Å²) >= 11 is 0. The number of tetrazole rings is 1. The number of benzene rings is 3. The van der Waals surface area contributed by atoms with Crippen LogP contribution in [0.2, 0.25) is 0 Å². The van der Waals surface area contributed by atoms with Gasteiger partial charge in [0.15, 0.2) is 6.73 Å². The van der Waals surface area contributed by atoms with Gasteiger partial charge in [-0.1, -0.05) is 30.3 Å². The van der Waals surface area contributed by atoms with E-state index in [2.05, 4.69) is 15.5 Å². The Morgan fingerprint density at radius 2 is 1.73 bits per heavy atom. The molecule has 1 heterocycles. The van der Waals surface area contributed by atoms with Gasteiger partial charge in [0.05, 0.1) is 11.1 Å². The van der Waals surface area contributed by atoms with Crippen LogP contribution < -0.4 is 0 Å². The van der Waals surface area contributed by atoms with Crippen molar-refractivity contribution < 1.29 is 24.5 Å². The van der Waals surface area contributed by atoms with Crippen LogP contribution in [0.4, 0.5) is 0 Å². The van der Waals surface area contributed by atoms with Crippen LogP contribution in [-0.4, -0.2) is 42.4 Å². The Bertz CT molecular complexity index is 1220. The van der Waals surface area contributed by atoms with Crippen LogP contribution in [0.5, 0.6) is 5.75 Å². The molecule has 4 aromatic rings.